The van der Waals surface area contributed by atoms with Crippen molar-refractivity contribution in [1.29, 1.82) is 0 Å². The fourth-order valence-electron chi connectivity index (χ4n) is 4.61. The topological polar surface area (TPSA) is 55.2 Å². The number of nitrogens with zero attached hydrogens (tertiary/aromatic N) is 3. The smallest absolute Gasteiger partial charge is 0.218 e. The molecule has 0 radical (unpaired) electrons. The molecule has 0 N–H and O–H groups in total. The summed E-state index contributed by atoms with van der Waals surface area (Å²) in [7, 11) is -1.85. The molecule has 28 heavy (non-hydrogen) atoms. The summed E-state index contributed by atoms with van der Waals surface area (Å²) < 4.78 is 57.0. The highest BCUT2D eigenvalue weighted by Gasteiger charge is 2.34. The first-order valence-electron chi connectivity index (χ1n) is 9.81. The van der Waals surface area contributed by atoms with E-state index in [2.05, 4.69) is 5.10 Å². The summed E-state index contributed by atoms with van der Waals surface area (Å²) in [4.78, 5) is 0. The van der Waals surface area contributed by atoms with Crippen LogP contribution in [0.2, 0.25) is 0 Å². The fraction of sp³-hybridized carbons (Fsp3) is 0.550. The largest absolute Gasteiger partial charge is 0.272 e. The second kappa shape index (κ2) is 7.55. The van der Waals surface area contributed by atoms with Crippen molar-refractivity contribution in [3.63, 3.8) is 0 Å². The molecule has 1 heterocycles. The summed E-state index contributed by atoms with van der Waals surface area (Å²) in [5, 5.41) is 4.58. The van der Waals surface area contributed by atoms with E-state index < -0.39 is 27.4 Å². The van der Waals surface area contributed by atoms with Crippen LogP contribution in [0.1, 0.15) is 54.6 Å². The van der Waals surface area contributed by atoms with Crippen molar-refractivity contribution in [2.24, 2.45) is 7.05 Å². The third-order valence-corrected chi connectivity index (χ3v) is 7.70. The average molecular weight is 410 g/mol. The molecule has 1 fully saturated rings. The number of sulfonamides is 1. The van der Waals surface area contributed by atoms with Crippen LogP contribution in [0.4, 0.5) is 8.78 Å². The third kappa shape index (κ3) is 3.85. The molecular weight excluding hydrogens is 384 g/mol. The zero-order valence-electron chi connectivity index (χ0n) is 16.0. The standard InChI is InChI=1S/C20H25F2N3O2S/c1-24-20-8-4-7-18(20)19(23-24)12-25(17-5-2-3-6-17)28(26,27)13-14-9-15(21)11-16(22)10-14/h9-11,17H,2-8,12-13H2,1H3. The molecule has 0 spiro atoms. The number of fused-ring (bicyclic) bond motifs is 1. The molecule has 1 aromatic carbocycles. The Morgan fingerprint density at radius 1 is 1.11 bits per heavy atom. The number of rotatable bonds is 6. The second-order valence-electron chi connectivity index (χ2n) is 7.87. The van der Waals surface area contributed by atoms with Crippen LogP contribution in [0.3, 0.4) is 0 Å². The maximum atomic E-state index is 13.5. The molecule has 8 heteroatoms. The van der Waals surface area contributed by atoms with E-state index >= 15 is 0 Å². The summed E-state index contributed by atoms with van der Waals surface area (Å²) in [5.41, 5.74) is 3.30. The van der Waals surface area contributed by atoms with Gasteiger partial charge >= 0.3 is 0 Å². The van der Waals surface area contributed by atoms with E-state index in [0.29, 0.717) is 0 Å². The predicted octanol–water partition coefficient (Wildman–Crippen LogP) is 3.46. The lowest BCUT2D eigenvalue weighted by Gasteiger charge is -2.28. The highest BCUT2D eigenvalue weighted by Crippen LogP contribution is 2.31. The molecule has 0 atom stereocenters. The van der Waals surface area contributed by atoms with Crippen molar-refractivity contribution in [1.82, 2.24) is 14.1 Å². The number of hydrogen-bond donors (Lipinski definition) is 0. The Bertz CT molecular complexity index is 961. The van der Waals surface area contributed by atoms with E-state index in [-0.39, 0.29) is 18.2 Å². The van der Waals surface area contributed by atoms with Gasteiger partial charge in [-0.15, -0.1) is 0 Å². The van der Waals surface area contributed by atoms with Crippen LogP contribution in [-0.4, -0.2) is 28.5 Å². The van der Waals surface area contributed by atoms with Gasteiger partial charge in [-0.1, -0.05) is 12.8 Å². The predicted molar refractivity (Wildman–Crippen MR) is 102 cm³/mol. The minimum absolute atomic E-state index is 0.0811. The van der Waals surface area contributed by atoms with Crippen molar-refractivity contribution < 1.29 is 17.2 Å². The Balaban J connectivity index is 1.64. The molecule has 0 amide bonds. The van der Waals surface area contributed by atoms with E-state index in [4.69, 9.17) is 0 Å². The molecule has 2 aromatic rings. The molecule has 0 saturated heterocycles. The Labute approximate surface area is 164 Å². The molecule has 0 aliphatic heterocycles. The number of aromatic nitrogens is 2. The number of benzene rings is 1. The van der Waals surface area contributed by atoms with Gasteiger partial charge in [0.2, 0.25) is 10.0 Å². The second-order valence-corrected chi connectivity index (χ2v) is 9.79. The van der Waals surface area contributed by atoms with Crippen molar-refractivity contribution in [2.75, 3.05) is 0 Å². The Morgan fingerprint density at radius 3 is 2.46 bits per heavy atom. The average Bonchev–Trinajstić information content (AvgIpc) is 3.31. The number of halogens is 2. The quantitative estimate of drug-likeness (QED) is 0.734. The van der Waals surface area contributed by atoms with E-state index in [9.17, 15) is 17.2 Å². The van der Waals surface area contributed by atoms with Crippen LogP contribution in [0, 0.1) is 11.6 Å². The maximum absolute atomic E-state index is 13.5. The highest BCUT2D eigenvalue weighted by molar-refractivity contribution is 7.88. The van der Waals surface area contributed by atoms with Gasteiger partial charge in [0.05, 0.1) is 18.0 Å². The van der Waals surface area contributed by atoms with Gasteiger partial charge in [-0.3, -0.25) is 4.68 Å². The van der Waals surface area contributed by atoms with Crippen molar-refractivity contribution in [3.05, 3.63) is 52.3 Å². The van der Waals surface area contributed by atoms with E-state index in [1.807, 2.05) is 11.7 Å². The monoisotopic (exact) mass is 409 g/mol. The molecule has 152 valence electrons. The lowest BCUT2D eigenvalue weighted by atomic mass is 10.2. The molecule has 0 unspecified atom stereocenters. The summed E-state index contributed by atoms with van der Waals surface area (Å²) >= 11 is 0. The van der Waals surface area contributed by atoms with Crippen LogP contribution in [0.25, 0.3) is 0 Å². The van der Waals surface area contributed by atoms with Crippen LogP contribution >= 0.6 is 0 Å². The van der Waals surface area contributed by atoms with Gasteiger partial charge in [-0.25, -0.2) is 17.2 Å². The van der Waals surface area contributed by atoms with Gasteiger partial charge in [0, 0.05) is 24.8 Å². The van der Waals surface area contributed by atoms with Gasteiger partial charge < -0.3 is 0 Å². The van der Waals surface area contributed by atoms with E-state index in [1.165, 1.54) is 10.00 Å². The summed E-state index contributed by atoms with van der Waals surface area (Å²) in [6.07, 6.45) is 6.56. The normalized spacial score (nSPS) is 17.6. The molecule has 2 aliphatic rings. The number of hydrogen-bond acceptors (Lipinski definition) is 3. The van der Waals surface area contributed by atoms with Crippen LogP contribution in [-0.2, 0) is 42.2 Å². The van der Waals surface area contributed by atoms with E-state index in [1.54, 1.807) is 0 Å². The Hall–Kier alpha value is -1.80. The molecule has 1 saturated carbocycles. The molecule has 2 aliphatic carbocycles. The minimum atomic E-state index is -3.75. The van der Waals surface area contributed by atoms with Gasteiger partial charge in [0.15, 0.2) is 0 Å². The number of aryl methyl sites for hydroxylation is 1. The van der Waals surface area contributed by atoms with Crippen molar-refractivity contribution >= 4 is 10.0 Å². The Morgan fingerprint density at radius 2 is 1.79 bits per heavy atom. The summed E-state index contributed by atoms with van der Waals surface area (Å²) in [5.74, 6) is -1.94. The van der Waals surface area contributed by atoms with Gasteiger partial charge in [0.1, 0.15) is 11.6 Å². The first-order valence-corrected chi connectivity index (χ1v) is 11.4. The van der Waals surface area contributed by atoms with Crippen LogP contribution < -0.4 is 0 Å². The SMILES string of the molecule is Cn1nc(CN(C2CCCC2)S(=O)(=O)Cc2cc(F)cc(F)c2)c2c1CCC2. The fourth-order valence-corrected chi connectivity index (χ4v) is 6.34. The lowest BCUT2D eigenvalue weighted by Crippen LogP contribution is -2.39. The van der Waals surface area contributed by atoms with Crippen molar-refractivity contribution in [2.45, 2.75) is 63.3 Å². The molecular formula is C20H25F2N3O2S. The first-order chi connectivity index (χ1) is 13.3. The molecule has 1 aromatic heterocycles. The van der Waals surface area contributed by atoms with Crippen LogP contribution in [0.5, 0.6) is 0 Å². The summed E-state index contributed by atoms with van der Waals surface area (Å²) in [6.45, 7) is 0.230. The van der Waals surface area contributed by atoms with Gasteiger partial charge in [0.25, 0.3) is 0 Å². The van der Waals surface area contributed by atoms with E-state index in [0.717, 1.165) is 74.4 Å². The zero-order valence-corrected chi connectivity index (χ0v) is 16.8. The highest BCUT2D eigenvalue weighted by atomic mass is 32.2. The molecule has 4 rings (SSSR count). The summed E-state index contributed by atoms with van der Waals surface area (Å²) in [6, 6.07) is 2.85. The maximum Gasteiger partial charge on any atom is 0.218 e. The first kappa shape index (κ1) is 19.5. The third-order valence-electron chi connectivity index (χ3n) is 5.86. The molecule has 5 nitrogen and oxygen atoms in total. The van der Waals surface area contributed by atoms with Crippen LogP contribution in [0.15, 0.2) is 18.2 Å². The van der Waals surface area contributed by atoms with Gasteiger partial charge in [-0.2, -0.15) is 9.40 Å². The Kier molecular flexibility index (Phi) is 5.26. The molecule has 0 bridgehead atoms. The van der Waals surface area contributed by atoms with Crippen molar-refractivity contribution in [3.8, 4) is 0 Å². The zero-order chi connectivity index (χ0) is 19.9. The minimum Gasteiger partial charge on any atom is -0.272 e. The lowest BCUT2D eigenvalue weighted by molar-refractivity contribution is 0.311. The van der Waals surface area contributed by atoms with Gasteiger partial charge in [-0.05, 0) is 55.4 Å².